The molecule has 0 bridgehead atoms. The highest BCUT2D eigenvalue weighted by atomic mass is 16.4. The number of nitrogens with zero attached hydrogens (tertiary/aromatic N) is 3. The first-order chi connectivity index (χ1) is 15.9. The molecule has 4 rings (SSSR count). The van der Waals surface area contributed by atoms with E-state index in [0.29, 0.717) is 13.1 Å². The van der Waals surface area contributed by atoms with E-state index in [1.165, 1.54) is 0 Å². The standard InChI is InChI=1S/C25H30N4O4/c1-16-8-19(21-6-3-7-27-28-21)11-20(9-16)26-12-17-4-2-5-18(10-17)13-29-14-23(31)25(33)24(32)22(29)15-30/h2-11,22-26,30-33H,12-15H2,1H3/t22-,23+,24-,25-/m1/s1. The number of nitrogens with one attached hydrogen (secondary N) is 1. The van der Waals surface area contributed by atoms with Crippen LogP contribution in [0.4, 0.5) is 5.69 Å². The maximum atomic E-state index is 10.2. The van der Waals surface area contributed by atoms with Crippen molar-refractivity contribution in [1.29, 1.82) is 0 Å². The van der Waals surface area contributed by atoms with Gasteiger partial charge in [0.15, 0.2) is 0 Å². The molecule has 33 heavy (non-hydrogen) atoms. The summed E-state index contributed by atoms with van der Waals surface area (Å²) >= 11 is 0. The largest absolute Gasteiger partial charge is 0.395 e. The highest BCUT2D eigenvalue weighted by Crippen LogP contribution is 2.24. The Morgan fingerprint density at radius 2 is 1.82 bits per heavy atom. The van der Waals surface area contributed by atoms with Gasteiger partial charge >= 0.3 is 0 Å². The van der Waals surface area contributed by atoms with E-state index in [2.05, 4.69) is 39.8 Å². The second-order valence-corrected chi connectivity index (χ2v) is 8.60. The van der Waals surface area contributed by atoms with Gasteiger partial charge in [-0.3, -0.25) is 4.90 Å². The lowest BCUT2D eigenvalue weighted by Gasteiger charge is -2.43. The molecule has 1 aromatic heterocycles. The number of likely N-dealkylation sites (tertiary alicyclic amines) is 1. The van der Waals surface area contributed by atoms with E-state index in [0.717, 1.165) is 33.6 Å². The van der Waals surface area contributed by atoms with E-state index >= 15 is 0 Å². The van der Waals surface area contributed by atoms with Crippen LogP contribution in [-0.4, -0.2) is 73.0 Å². The number of piperidine rings is 1. The third-order valence-electron chi connectivity index (χ3n) is 6.04. The zero-order chi connectivity index (χ0) is 23.4. The molecule has 2 aromatic carbocycles. The quantitative estimate of drug-likeness (QED) is 0.365. The number of β-amino-alcohol motifs (C(OH)–C–C–N with tert-alkyl or cyclic N) is 1. The normalized spacial score (nSPS) is 23.4. The Bertz CT molecular complexity index is 1070. The second-order valence-electron chi connectivity index (χ2n) is 8.60. The van der Waals surface area contributed by atoms with Gasteiger partial charge in [0.2, 0.25) is 0 Å². The number of aryl methyl sites for hydroxylation is 1. The number of aliphatic hydroxyl groups excluding tert-OH is 4. The Hall–Kier alpha value is -2.88. The van der Waals surface area contributed by atoms with Crippen molar-refractivity contribution in [3.05, 3.63) is 77.5 Å². The summed E-state index contributed by atoms with van der Waals surface area (Å²) in [6, 6.07) is 17.4. The second kappa shape index (κ2) is 10.4. The van der Waals surface area contributed by atoms with Gasteiger partial charge in [-0.1, -0.05) is 24.3 Å². The van der Waals surface area contributed by atoms with Gasteiger partial charge in [-0.15, -0.1) is 0 Å². The van der Waals surface area contributed by atoms with Gasteiger partial charge in [-0.05, 0) is 53.9 Å². The van der Waals surface area contributed by atoms with Gasteiger partial charge in [-0.25, -0.2) is 0 Å². The molecule has 3 aromatic rings. The maximum Gasteiger partial charge on any atom is 0.109 e. The number of rotatable bonds is 7. The summed E-state index contributed by atoms with van der Waals surface area (Å²) < 4.78 is 0. The van der Waals surface area contributed by atoms with Crippen molar-refractivity contribution in [3.63, 3.8) is 0 Å². The van der Waals surface area contributed by atoms with E-state index in [9.17, 15) is 20.4 Å². The van der Waals surface area contributed by atoms with Crippen LogP contribution in [0.1, 0.15) is 16.7 Å². The minimum atomic E-state index is -1.25. The van der Waals surface area contributed by atoms with Gasteiger partial charge in [0, 0.05) is 37.1 Å². The van der Waals surface area contributed by atoms with Gasteiger partial charge in [0.1, 0.15) is 12.2 Å². The van der Waals surface area contributed by atoms with Crippen LogP contribution in [0.5, 0.6) is 0 Å². The van der Waals surface area contributed by atoms with Crippen LogP contribution in [0.15, 0.2) is 60.8 Å². The topological polar surface area (TPSA) is 122 Å². The van der Waals surface area contributed by atoms with E-state index in [4.69, 9.17) is 0 Å². The molecule has 0 aliphatic carbocycles. The average Bonchev–Trinajstić information content (AvgIpc) is 2.82. The van der Waals surface area contributed by atoms with E-state index in [1.54, 1.807) is 6.20 Å². The fraction of sp³-hybridized carbons (Fsp3) is 0.360. The number of aromatic nitrogens is 2. The molecule has 0 amide bonds. The summed E-state index contributed by atoms with van der Waals surface area (Å²) in [6.45, 7) is 2.99. The Balaban J connectivity index is 1.44. The molecule has 1 aliphatic rings. The van der Waals surface area contributed by atoms with Crippen LogP contribution in [-0.2, 0) is 13.1 Å². The first-order valence-electron chi connectivity index (χ1n) is 11.0. The molecular formula is C25H30N4O4. The highest BCUT2D eigenvalue weighted by Gasteiger charge is 2.40. The van der Waals surface area contributed by atoms with Crippen LogP contribution < -0.4 is 5.32 Å². The molecule has 0 unspecified atom stereocenters. The van der Waals surface area contributed by atoms with Crippen LogP contribution >= 0.6 is 0 Å². The van der Waals surface area contributed by atoms with Gasteiger partial charge in [0.05, 0.1) is 24.4 Å². The predicted octanol–water partition coefficient (Wildman–Crippen LogP) is 1.32. The lowest BCUT2D eigenvalue weighted by molar-refractivity contribution is -0.147. The zero-order valence-corrected chi connectivity index (χ0v) is 18.5. The number of hydrogen-bond donors (Lipinski definition) is 5. The van der Waals surface area contributed by atoms with Crippen LogP contribution in [0.3, 0.4) is 0 Å². The monoisotopic (exact) mass is 450 g/mol. The molecule has 1 aliphatic heterocycles. The first kappa shape index (κ1) is 23.3. The Morgan fingerprint density at radius 1 is 1.00 bits per heavy atom. The molecule has 174 valence electrons. The SMILES string of the molecule is Cc1cc(NCc2cccc(CN3C[C@H](O)[C@@H](O)[C@H](O)[C@H]3CO)c2)cc(-c2cccnn2)c1. The van der Waals surface area contributed by atoms with Crippen molar-refractivity contribution in [2.75, 3.05) is 18.5 Å². The summed E-state index contributed by atoms with van der Waals surface area (Å²) in [5.74, 6) is 0. The molecule has 2 heterocycles. The van der Waals surface area contributed by atoms with Crippen molar-refractivity contribution in [1.82, 2.24) is 15.1 Å². The molecule has 0 saturated carbocycles. The number of hydrogen-bond acceptors (Lipinski definition) is 8. The maximum absolute atomic E-state index is 10.2. The Kier molecular flexibility index (Phi) is 7.32. The summed E-state index contributed by atoms with van der Waals surface area (Å²) in [5, 5.41) is 51.5. The van der Waals surface area contributed by atoms with Crippen molar-refractivity contribution >= 4 is 5.69 Å². The lowest BCUT2D eigenvalue weighted by Crippen LogP contribution is -2.62. The van der Waals surface area contributed by atoms with E-state index in [1.807, 2.05) is 42.2 Å². The molecule has 1 saturated heterocycles. The van der Waals surface area contributed by atoms with Crippen molar-refractivity contribution in [2.45, 2.75) is 44.4 Å². The predicted molar refractivity (Wildman–Crippen MR) is 125 cm³/mol. The number of anilines is 1. The average molecular weight is 451 g/mol. The molecule has 8 heteroatoms. The third-order valence-corrected chi connectivity index (χ3v) is 6.04. The van der Waals surface area contributed by atoms with Gasteiger partial charge in [-0.2, -0.15) is 10.2 Å². The Morgan fingerprint density at radius 3 is 2.58 bits per heavy atom. The smallest absolute Gasteiger partial charge is 0.109 e. The first-order valence-corrected chi connectivity index (χ1v) is 11.0. The Labute approximate surface area is 193 Å². The molecule has 1 fully saturated rings. The highest BCUT2D eigenvalue weighted by molar-refractivity contribution is 5.66. The van der Waals surface area contributed by atoms with Crippen LogP contribution in [0.2, 0.25) is 0 Å². The van der Waals surface area contributed by atoms with Crippen LogP contribution in [0.25, 0.3) is 11.3 Å². The summed E-state index contributed by atoms with van der Waals surface area (Å²) in [4.78, 5) is 1.81. The van der Waals surface area contributed by atoms with Gasteiger partial charge < -0.3 is 25.7 Å². The number of aliphatic hydroxyl groups is 4. The molecule has 5 N–H and O–H groups in total. The molecule has 0 spiro atoms. The number of benzene rings is 2. The minimum absolute atomic E-state index is 0.181. The summed E-state index contributed by atoms with van der Waals surface area (Å²) in [7, 11) is 0. The van der Waals surface area contributed by atoms with Gasteiger partial charge in [0.25, 0.3) is 0 Å². The molecule has 4 atom stereocenters. The molecule has 0 radical (unpaired) electrons. The zero-order valence-electron chi connectivity index (χ0n) is 18.5. The fourth-order valence-corrected chi connectivity index (χ4v) is 4.33. The fourth-order valence-electron chi connectivity index (χ4n) is 4.33. The third kappa shape index (κ3) is 5.55. The summed E-state index contributed by atoms with van der Waals surface area (Å²) in [5.41, 5.74) is 5.99. The minimum Gasteiger partial charge on any atom is -0.395 e. The van der Waals surface area contributed by atoms with Crippen molar-refractivity contribution in [2.24, 2.45) is 0 Å². The van der Waals surface area contributed by atoms with Crippen molar-refractivity contribution < 1.29 is 20.4 Å². The molecular weight excluding hydrogens is 420 g/mol. The van der Waals surface area contributed by atoms with Crippen LogP contribution in [0, 0.1) is 6.92 Å². The van der Waals surface area contributed by atoms with E-state index < -0.39 is 24.4 Å². The van der Waals surface area contributed by atoms with E-state index in [-0.39, 0.29) is 13.2 Å². The molecule has 8 nitrogen and oxygen atoms in total. The summed E-state index contributed by atoms with van der Waals surface area (Å²) in [6.07, 6.45) is -1.86. The van der Waals surface area contributed by atoms with Crippen molar-refractivity contribution in [3.8, 4) is 11.3 Å². The lowest BCUT2D eigenvalue weighted by atomic mass is 9.93.